The average molecular weight is 755 g/mol. The number of fused-ring (bicyclic) bond motifs is 1. The fourth-order valence-corrected chi connectivity index (χ4v) is 8.49. The Kier molecular flexibility index (Phi) is 11.8. The van der Waals surface area contributed by atoms with E-state index in [0.717, 1.165) is 62.0 Å². The number of carboxylic acids is 1. The third-order valence-corrected chi connectivity index (χ3v) is 11.7. The smallest absolute Gasteiger partial charge is 0.410 e. The number of nitrogens with zero attached hydrogens (tertiary/aromatic N) is 4. The van der Waals surface area contributed by atoms with Crippen LogP contribution in [0.15, 0.2) is 46.9 Å². The van der Waals surface area contributed by atoms with E-state index < -0.39 is 18.2 Å². The van der Waals surface area contributed by atoms with Gasteiger partial charge < -0.3 is 39.9 Å². The van der Waals surface area contributed by atoms with Gasteiger partial charge in [0.05, 0.1) is 10.9 Å². The Bertz CT molecular complexity index is 1530. The number of ether oxygens (including phenoxy) is 1. The molecule has 4 aliphatic heterocycles. The van der Waals surface area contributed by atoms with Crippen LogP contribution >= 0.6 is 15.9 Å². The molecule has 2 aromatic rings. The number of piperidine rings is 3. The SMILES string of the molecule is O=C(O)CCN1CCC(C2CCN(C(=O)[C@@H](Cc3ccc(O)c(Br)c3)OC(=O)N3CCC(N4CCc5ccccc5NC4=O)CC3)CC2)CC1. The van der Waals surface area contributed by atoms with Crippen LogP contribution in [-0.4, -0.2) is 118 Å². The summed E-state index contributed by atoms with van der Waals surface area (Å²) in [5.41, 5.74) is 2.72. The van der Waals surface area contributed by atoms with Gasteiger partial charge in [-0.2, -0.15) is 0 Å². The number of nitrogens with one attached hydrogen (secondary N) is 1. The first-order valence-electron chi connectivity index (χ1n) is 18.0. The molecule has 50 heavy (non-hydrogen) atoms. The molecule has 0 spiro atoms. The number of para-hydroxylation sites is 1. The Labute approximate surface area is 301 Å². The molecule has 0 saturated carbocycles. The van der Waals surface area contributed by atoms with Gasteiger partial charge in [-0.3, -0.25) is 9.59 Å². The van der Waals surface area contributed by atoms with Crippen LogP contribution in [0.1, 0.15) is 56.1 Å². The number of urea groups is 1. The zero-order valence-corrected chi connectivity index (χ0v) is 30.1. The summed E-state index contributed by atoms with van der Waals surface area (Å²) in [6, 6.07) is 12.8. The lowest BCUT2D eigenvalue weighted by atomic mass is 9.78. The fraction of sp³-hybridized carbons (Fsp3) is 0.568. The van der Waals surface area contributed by atoms with Crippen molar-refractivity contribution in [2.45, 2.75) is 69.9 Å². The summed E-state index contributed by atoms with van der Waals surface area (Å²) in [4.78, 5) is 59.2. The molecule has 4 aliphatic rings. The maximum absolute atomic E-state index is 14.0. The van der Waals surface area contributed by atoms with Crippen LogP contribution < -0.4 is 5.32 Å². The van der Waals surface area contributed by atoms with E-state index in [4.69, 9.17) is 9.84 Å². The number of rotatable bonds is 9. The number of halogens is 1. The van der Waals surface area contributed by atoms with Gasteiger partial charge in [-0.25, -0.2) is 9.59 Å². The second-order valence-electron chi connectivity index (χ2n) is 14.1. The Balaban J connectivity index is 1.04. The summed E-state index contributed by atoms with van der Waals surface area (Å²) in [5.74, 6) is 0.196. The summed E-state index contributed by atoms with van der Waals surface area (Å²) in [7, 11) is 0. The zero-order valence-electron chi connectivity index (χ0n) is 28.5. The molecule has 13 heteroatoms. The highest BCUT2D eigenvalue weighted by molar-refractivity contribution is 9.10. The van der Waals surface area contributed by atoms with Crippen molar-refractivity contribution in [1.29, 1.82) is 0 Å². The Morgan fingerprint density at radius 3 is 2.22 bits per heavy atom. The van der Waals surface area contributed by atoms with E-state index in [9.17, 15) is 24.3 Å². The second kappa shape index (κ2) is 16.5. The highest BCUT2D eigenvalue weighted by Gasteiger charge is 2.37. The van der Waals surface area contributed by atoms with Gasteiger partial charge in [0.1, 0.15) is 5.75 Å². The zero-order chi connectivity index (χ0) is 35.2. The number of phenols is 1. The van der Waals surface area contributed by atoms with Crippen molar-refractivity contribution in [3.05, 3.63) is 58.1 Å². The summed E-state index contributed by atoms with van der Waals surface area (Å²) < 4.78 is 6.52. The molecule has 0 unspecified atom stereocenters. The Morgan fingerprint density at radius 2 is 1.54 bits per heavy atom. The topological polar surface area (TPSA) is 143 Å². The molecular weight excluding hydrogens is 706 g/mol. The number of benzene rings is 2. The lowest BCUT2D eigenvalue weighted by Crippen LogP contribution is -2.52. The van der Waals surface area contributed by atoms with Crippen molar-refractivity contribution in [2.75, 3.05) is 57.7 Å². The Morgan fingerprint density at radius 1 is 0.880 bits per heavy atom. The molecule has 0 radical (unpaired) electrons. The molecule has 0 aromatic heterocycles. The number of carbonyl (C=O) groups is 4. The van der Waals surface area contributed by atoms with Crippen LogP contribution in [0.4, 0.5) is 15.3 Å². The third kappa shape index (κ3) is 8.90. The molecule has 0 bridgehead atoms. The molecule has 3 N–H and O–H groups in total. The van der Waals surface area contributed by atoms with Gasteiger partial charge in [-0.15, -0.1) is 0 Å². The number of likely N-dealkylation sites (tertiary alicyclic amines) is 3. The highest BCUT2D eigenvalue weighted by Crippen LogP contribution is 2.33. The van der Waals surface area contributed by atoms with Gasteiger partial charge in [0, 0.05) is 57.4 Å². The normalized spacial score (nSPS) is 20.5. The van der Waals surface area contributed by atoms with Crippen molar-refractivity contribution in [1.82, 2.24) is 19.6 Å². The van der Waals surface area contributed by atoms with Gasteiger partial charge in [0.25, 0.3) is 5.91 Å². The lowest BCUT2D eigenvalue weighted by molar-refractivity contribution is -0.143. The minimum atomic E-state index is -1.01. The highest BCUT2D eigenvalue weighted by atomic mass is 79.9. The maximum atomic E-state index is 14.0. The van der Waals surface area contributed by atoms with Gasteiger partial charge in [-0.1, -0.05) is 24.3 Å². The standard InChI is InChI=1S/C37H48BrN5O7/c38-30-23-25(5-6-32(30)44)24-33(35(47)41-18-9-27(10-19-41)26-7-15-40(16-8-26)17-14-34(45)46)50-37(49)42-20-12-29(13-21-42)43-22-11-28-3-1-2-4-31(28)39-36(43)48/h1-6,23,26-27,29,33,44H,7-22,24H2,(H,39,48)(H,45,46)/t33-/m1/s1. The molecular formula is C37H48BrN5O7. The van der Waals surface area contributed by atoms with E-state index in [0.29, 0.717) is 68.4 Å². The van der Waals surface area contributed by atoms with Gasteiger partial charge in [0.2, 0.25) is 0 Å². The lowest BCUT2D eigenvalue weighted by Gasteiger charge is -2.41. The van der Waals surface area contributed by atoms with E-state index in [1.54, 1.807) is 23.1 Å². The van der Waals surface area contributed by atoms with Crippen LogP contribution in [0.2, 0.25) is 0 Å². The number of amides is 4. The number of carbonyl (C=O) groups excluding carboxylic acids is 3. The first-order chi connectivity index (χ1) is 24.1. The molecule has 3 fully saturated rings. The number of carboxylic acid groups (broad SMARTS) is 1. The number of hydrogen-bond donors (Lipinski definition) is 3. The van der Waals surface area contributed by atoms with E-state index >= 15 is 0 Å². The number of anilines is 1. The Hall–Kier alpha value is -3.84. The number of aromatic hydroxyl groups is 1. The molecule has 12 nitrogen and oxygen atoms in total. The fourth-order valence-electron chi connectivity index (χ4n) is 8.06. The third-order valence-electron chi connectivity index (χ3n) is 11.0. The number of hydrogen-bond acceptors (Lipinski definition) is 7. The quantitative estimate of drug-likeness (QED) is 0.318. The monoisotopic (exact) mass is 753 g/mol. The molecule has 1 atom stereocenters. The summed E-state index contributed by atoms with van der Waals surface area (Å²) in [6.45, 7) is 5.07. The maximum Gasteiger partial charge on any atom is 0.410 e. The van der Waals surface area contributed by atoms with Crippen LogP contribution in [0.3, 0.4) is 0 Å². The molecule has 3 saturated heterocycles. The first kappa shape index (κ1) is 36.0. The predicted octanol–water partition coefficient (Wildman–Crippen LogP) is 5.18. The van der Waals surface area contributed by atoms with Gasteiger partial charge in [-0.05, 0) is 115 Å². The largest absolute Gasteiger partial charge is 0.507 e. The second-order valence-corrected chi connectivity index (χ2v) is 15.0. The van der Waals surface area contributed by atoms with Gasteiger partial charge >= 0.3 is 18.1 Å². The predicted molar refractivity (Wildman–Crippen MR) is 191 cm³/mol. The van der Waals surface area contributed by atoms with E-state index in [1.165, 1.54) is 0 Å². The van der Waals surface area contributed by atoms with E-state index in [2.05, 4.69) is 26.1 Å². The van der Waals surface area contributed by atoms with Crippen LogP contribution in [0.5, 0.6) is 5.75 Å². The van der Waals surface area contributed by atoms with Crippen LogP contribution in [-0.2, 0) is 27.2 Å². The first-order valence-corrected chi connectivity index (χ1v) is 18.8. The summed E-state index contributed by atoms with van der Waals surface area (Å²) in [5, 5.41) is 22.1. The van der Waals surface area contributed by atoms with Crippen molar-refractivity contribution in [2.24, 2.45) is 11.8 Å². The molecule has 6 rings (SSSR count). The van der Waals surface area contributed by atoms with Crippen molar-refractivity contribution < 1.29 is 34.1 Å². The van der Waals surface area contributed by atoms with Gasteiger partial charge in [0.15, 0.2) is 6.10 Å². The van der Waals surface area contributed by atoms with Crippen LogP contribution in [0.25, 0.3) is 0 Å². The number of phenolic OH excluding ortho intramolecular Hbond substituents is 1. The molecule has 4 amide bonds. The average Bonchev–Trinajstić information content (AvgIpc) is 3.30. The van der Waals surface area contributed by atoms with Crippen molar-refractivity contribution in [3.63, 3.8) is 0 Å². The summed E-state index contributed by atoms with van der Waals surface area (Å²) in [6.07, 6.45) is 4.67. The van der Waals surface area contributed by atoms with Crippen LogP contribution in [0, 0.1) is 11.8 Å². The summed E-state index contributed by atoms with van der Waals surface area (Å²) >= 11 is 3.36. The molecule has 2 aromatic carbocycles. The molecule has 0 aliphatic carbocycles. The minimum Gasteiger partial charge on any atom is -0.507 e. The van der Waals surface area contributed by atoms with Crippen molar-refractivity contribution >= 4 is 45.6 Å². The molecule has 4 heterocycles. The minimum absolute atomic E-state index is 0.00147. The van der Waals surface area contributed by atoms with E-state index in [-0.39, 0.29) is 36.6 Å². The molecule has 270 valence electrons. The number of aliphatic carboxylic acids is 1. The van der Waals surface area contributed by atoms with E-state index in [1.807, 2.05) is 34.1 Å². The van der Waals surface area contributed by atoms with Crippen molar-refractivity contribution in [3.8, 4) is 5.75 Å².